The zero-order valence-corrected chi connectivity index (χ0v) is 27.3. The molecule has 12 heteroatoms. The molecule has 4 amide bonds. The summed E-state index contributed by atoms with van der Waals surface area (Å²) < 4.78 is 11.6. The largest absolute Gasteiger partial charge is 0.456 e. The van der Waals surface area contributed by atoms with E-state index in [2.05, 4.69) is 16.0 Å². The number of nitrogens with one attached hydrogen (secondary N) is 3. The van der Waals surface area contributed by atoms with Crippen molar-refractivity contribution in [3.8, 4) is 0 Å². The number of amides is 4. The van der Waals surface area contributed by atoms with E-state index in [1.165, 1.54) is 11.0 Å². The molecule has 3 aliphatic rings. The smallest absolute Gasteiger partial charge is 0.362 e. The number of anilines is 1. The second-order valence-corrected chi connectivity index (χ2v) is 13.7. The maximum atomic E-state index is 13.1. The van der Waals surface area contributed by atoms with E-state index in [1.54, 1.807) is 26.8 Å². The lowest BCUT2D eigenvalue weighted by atomic mass is 10.0. The molecule has 3 aliphatic heterocycles. The van der Waals surface area contributed by atoms with Crippen LogP contribution in [0.25, 0.3) is 0 Å². The van der Waals surface area contributed by atoms with Crippen LogP contribution in [-0.2, 0) is 40.0 Å². The maximum Gasteiger partial charge on any atom is 0.362 e. The highest BCUT2D eigenvalue weighted by Crippen LogP contribution is 2.31. The summed E-state index contributed by atoms with van der Waals surface area (Å²) in [6.45, 7) is 13.9. The summed E-state index contributed by atoms with van der Waals surface area (Å²) >= 11 is 0. The lowest BCUT2D eigenvalue weighted by Gasteiger charge is -2.34. The van der Waals surface area contributed by atoms with Gasteiger partial charge in [-0.1, -0.05) is 26.0 Å². The van der Waals surface area contributed by atoms with Gasteiger partial charge < -0.3 is 34.8 Å². The van der Waals surface area contributed by atoms with Crippen LogP contribution in [0.2, 0.25) is 0 Å². The first-order valence-corrected chi connectivity index (χ1v) is 15.9. The molecule has 0 spiro atoms. The standard InChI is InChI=1S/C33H47N5O7/c1-21(2)29(36-26(39)15-16-37-27(40)14-13-25-32(37)44-25)31(43)34-22(3)30(42)35-24-11-9-23(10-12-24)19-38(17-7-8-18-38)20-28(41)45-33(4,5)6/h9-14,21-22,25,29,32H,7-8,15-20H2,1-6H3,(H2-,34,35,36,39,42,43)/p+1/t22-,25?,29-,32?/m0/s1. The van der Waals surface area contributed by atoms with Gasteiger partial charge in [-0.05, 0) is 51.8 Å². The average molecular weight is 627 g/mol. The van der Waals surface area contributed by atoms with Crippen molar-refractivity contribution in [1.82, 2.24) is 15.5 Å². The Balaban J connectivity index is 1.25. The van der Waals surface area contributed by atoms with E-state index in [1.807, 2.05) is 45.0 Å². The fourth-order valence-corrected chi connectivity index (χ4v) is 5.87. The summed E-state index contributed by atoms with van der Waals surface area (Å²) in [6.07, 6.45) is 4.88. The van der Waals surface area contributed by atoms with Crippen molar-refractivity contribution in [3.63, 3.8) is 0 Å². The molecule has 3 N–H and O–H groups in total. The lowest BCUT2D eigenvalue weighted by Crippen LogP contribution is -2.54. The highest BCUT2D eigenvalue weighted by Gasteiger charge is 2.46. The van der Waals surface area contributed by atoms with E-state index in [0.717, 1.165) is 31.5 Å². The van der Waals surface area contributed by atoms with E-state index in [9.17, 15) is 24.0 Å². The van der Waals surface area contributed by atoms with Crippen molar-refractivity contribution in [2.75, 3.05) is 31.5 Å². The van der Waals surface area contributed by atoms with Gasteiger partial charge in [0.05, 0.1) is 13.1 Å². The summed E-state index contributed by atoms with van der Waals surface area (Å²) in [5.41, 5.74) is 1.12. The SMILES string of the molecule is CC(C)[C@H](NC(=O)CCN1C(=O)C=CC2OC21)C(=O)N[C@@H](C)C(=O)Nc1ccc(C[N+]2(CC(=O)OC(C)(C)C)CCCC2)cc1. The molecule has 45 heavy (non-hydrogen) atoms. The van der Waals surface area contributed by atoms with E-state index in [0.29, 0.717) is 23.3 Å². The zero-order valence-electron chi connectivity index (χ0n) is 27.3. The van der Waals surface area contributed by atoms with Crippen molar-refractivity contribution >= 4 is 35.3 Å². The number of carbonyl (C=O) groups is 5. The van der Waals surface area contributed by atoms with Crippen molar-refractivity contribution in [2.45, 2.75) is 97.4 Å². The number of rotatable bonds is 13. The molecule has 2 saturated heterocycles. The van der Waals surface area contributed by atoms with Crippen LogP contribution in [0.4, 0.5) is 5.69 Å². The molecule has 2 fully saturated rings. The second kappa shape index (κ2) is 14.1. The Hall–Kier alpha value is -3.77. The Kier molecular flexibility index (Phi) is 10.7. The molecule has 4 atom stereocenters. The normalized spacial score (nSPS) is 21.5. The van der Waals surface area contributed by atoms with E-state index in [4.69, 9.17) is 9.47 Å². The minimum absolute atomic E-state index is 0.0235. The van der Waals surface area contributed by atoms with Crippen LogP contribution in [0.15, 0.2) is 36.4 Å². The monoisotopic (exact) mass is 626 g/mol. The quantitative estimate of drug-likeness (QED) is 0.173. The molecule has 0 aliphatic carbocycles. The van der Waals surface area contributed by atoms with Crippen molar-refractivity contribution in [1.29, 1.82) is 0 Å². The zero-order chi connectivity index (χ0) is 32.9. The van der Waals surface area contributed by atoms with Crippen molar-refractivity contribution in [2.24, 2.45) is 5.92 Å². The van der Waals surface area contributed by atoms with Gasteiger partial charge in [0.2, 0.25) is 23.6 Å². The highest BCUT2D eigenvalue weighted by molar-refractivity contribution is 5.98. The molecule has 246 valence electrons. The Bertz CT molecular complexity index is 1300. The van der Waals surface area contributed by atoms with Gasteiger partial charge in [-0.3, -0.25) is 19.2 Å². The third-order valence-corrected chi connectivity index (χ3v) is 8.26. The van der Waals surface area contributed by atoms with Gasteiger partial charge in [0.15, 0.2) is 12.8 Å². The van der Waals surface area contributed by atoms with E-state index in [-0.39, 0.29) is 49.0 Å². The Morgan fingerprint density at radius 3 is 2.31 bits per heavy atom. The summed E-state index contributed by atoms with van der Waals surface area (Å²) in [5.74, 6) is -1.86. The maximum absolute atomic E-state index is 13.1. The molecule has 1 aromatic carbocycles. The number of fused-ring (bicyclic) bond motifs is 1. The van der Waals surface area contributed by atoms with Gasteiger partial charge in [-0.15, -0.1) is 0 Å². The van der Waals surface area contributed by atoms with E-state index < -0.39 is 29.5 Å². The van der Waals surface area contributed by atoms with Crippen molar-refractivity contribution in [3.05, 3.63) is 42.0 Å². The number of hydrogen-bond acceptors (Lipinski definition) is 7. The third kappa shape index (κ3) is 9.61. The Morgan fingerprint density at radius 1 is 1.02 bits per heavy atom. The molecule has 3 heterocycles. The number of carbonyl (C=O) groups excluding carboxylic acids is 5. The van der Waals surface area contributed by atoms with Crippen LogP contribution in [0.1, 0.15) is 66.4 Å². The van der Waals surface area contributed by atoms with Gasteiger partial charge in [0.1, 0.15) is 30.3 Å². The topological polar surface area (TPSA) is 146 Å². The number of benzene rings is 1. The number of likely N-dealkylation sites (tertiary alicyclic amines) is 1. The number of nitrogens with zero attached hydrogens (tertiary/aromatic N) is 2. The minimum atomic E-state index is -0.857. The Labute approximate surface area is 265 Å². The van der Waals surface area contributed by atoms with E-state index >= 15 is 0 Å². The van der Waals surface area contributed by atoms with Gasteiger partial charge >= 0.3 is 5.97 Å². The number of quaternary nitrogens is 1. The van der Waals surface area contributed by atoms with Gasteiger partial charge in [0, 0.05) is 43.1 Å². The van der Waals surface area contributed by atoms with Crippen LogP contribution < -0.4 is 16.0 Å². The molecule has 0 bridgehead atoms. The summed E-state index contributed by atoms with van der Waals surface area (Å²) in [5, 5.41) is 8.29. The predicted molar refractivity (Wildman–Crippen MR) is 167 cm³/mol. The first-order valence-electron chi connectivity index (χ1n) is 15.9. The van der Waals surface area contributed by atoms with Crippen LogP contribution in [-0.4, -0.2) is 95.2 Å². The molecule has 0 radical (unpaired) electrons. The summed E-state index contributed by atoms with van der Waals surface area (Å²) in [4.78, 5) is 64.9. The first-order chi connectivity index (χ1) is 21.1. The minimum Gasteiger partial charge on any atom is -0.456 e. The van der Waals surface area contributed by atoms with Crippen LogP contribution in [0.5, 0.6) is 0 Å². The number of esters is 1. The predicted octanol–water partition coefficient (Wildman–Crippen LogP) is 2.24. The molecule has 0 saturated carbocycles. The molecule has 2 unspecified atom stereocenters. The van der Waals surface area contributed by atoms with Gasteiger partial charge in [0.25, 0.3) is 0 Å². The fraction of sp³-hybridized carbons (Fsp3) is 0.606. The van der Waals surface area contributed by atoms with Gasteiger partial charge in [-0.25, -0.2) is 4.79 Å². The van der Waals surface area contributed by atoms with Crippen LogP contribution in [0.3, 0.4) is 0 Å². The number of epoxide rings is 1. The average Bonchev–Trinajstić information content (AvgIpc) is 3.60. The number of ether oxygens (including phenoxy) is 2. The molecular formula is C33H48N5O7+. The number of hydrogen-bond donors (Lipinski definition) is 3. The molecule has 1 aromatic rings. The second-order valence-electron chi connectivity index (χ2n) is 13.7. The third-order valence-electron chi connectivity index (χ3n) is 8.26. The van der Waals surface area contributed by atoms with Gasteiger partial charge in [-0.2, -0.15) is 0 Å². The van der Waals surface area contributed by atoms with Crippen LogP contribution in [0, 0.1) is 5.92 Å². The summed E-state index contributed by atoms with van der Waals surface area (Å²) in [7, 11) is 0. The molecule has 0 aromatic heterocycles. The first kappa shape index (κ1) is 34.1. The van der Waals surface area contributed by atoms with Crippen LogP contribution >= 0.6 is 0 Å². The Morgan fingerprint density at radius 2 is 1.69 bits per heavy atom. The molecule has 4 rings (SSSR count). The fourth-order valence-electron chi connectivity index (χ4n) is 5.87. The molecule has 12 nitrogen and oxygen atoms in total. The summed E-state index contributed by atoms with van der Waals surface area (Å²) in [6, 6.07) is 5.81. The lowest BCUT2D eigenvalue weighted by molar-refractivity contribution is -0.922. The highest BCUT2D eigenvalue weighted by atomic mass is 16.6. The van der Waals surface area contributed by atoms with Crippen molar-refractivity contribution < 1.29 is 37.9 Å². The molecular weight excluding hydrogens is 578 g/mol.